The Morgan fingerprint density at radius 1 is 1.33 bits per heavy atom. The lowest BCUT2D eigenvalue weighted by Crippen LogP contribution is -2.41. The zero-order chi connectivity index (χ0) is 15.7. The van der Waals surface area contributed by atoms with E-state index in [0.29, 0.717) is 12.2 Å². The number of carbonyl (C=O) groups excluding carboxylic acids is 1. The lowest BCUT2D eigenvalue weighted by Gasteiger charge is -2.14. The van der Waals surface area contributed by atoms with Crippen molar-refractivity contribution in [3.8, 4) is 5.75 Å². The Hall–Kier alpha value is -2.11. The summed E-state index contributed by atoms with van der Waals surface area (Å²) in [5.74, 6) is -1.30. The van der Waals surface area contributed by atoms with Gasteiger partial charge in [-0.2, -0.15) is 0 Å². The van der Waals surface area contributed by atoms with E-state index in [1.54, 1.807) is 0 Å². The van der Waals surface area contributed by atoms with Crippen LogP contribution in [0, 0.1) is 5.82 Å². The highest BCUT2D eigenvalue weighted by Gasteiger charge is 2.18. The van der Waals surface area contributed by atoms with Crippen molar-refractivity contribution in [2.24, 2.45) is 0 Å². The zero-order valence-corrected chi connectivity index (χ0v) is 12.0. The van der Waals surface area contributed by atoms with Gasteiger partial charge in [0.05, 0.1) is 13.0 Å². The van der Waals surface area contributed by atoms with Gasteiger partial charge in [-0.15, -0.1) is 0 Å². The minimum Gasteiger partial charge on any atom is -0.493 e. The third-order valence-electron chi connectivity index (χ3n) is 2.89. The van der Waals surface area contributed by atoms with E-state index in [9.17, 15) is 14.0 Å². The number of halogens is 1. The van der Waals surface area contributed by atoms with E-state index in [0.717, 1.165) is 12.8 Å². The maximum absolute atomic E-state index is 12.7. The molecule has 0 aliphatic heterocycles. The van der Waals surface area contributed by atoms with Crippen LogP contribution < -0.4 is 10.1 Å². The smallest absolute Gasteiger partial charge is 0.326 e. The van der Waals surface area contributed by atoms with Gasteiger partial charge in [-0.1, -0.05) is 19.8 Å². The van der Waals surface area contributed by atoms with Gasteiger partial charge in [-0.3, -0.25) is 4.79 Å². The summed E-state index contributed by atoms with van der Waals surface area (Å²) in [5.41, 5.74) is 0. The molecule has 0 spiro atoms. The van der Waals surface area contributed by atoms with Crippen molar-refractivity contribution in [1.82, 2.24) is 5.32 Å². The van der Waals surface area contributed by atoms with Crippen LogP contribution in [-0.2, 0) is 9.59 Å². The molecule has 0 heterocycles. The normalized spacial score (nSPS) is 11.7. The van der Waals surface area contributed by atoms with Gasteiger partial charge in [0, 0.05) is 0 Å². The molecule has 1 aromatic rings. The average Bonchev–Trinajstić information content (AvgIpc) is 2.45. The van der Waals surface area contributed by atoms with Gasteiger partial charge in [-0.25, -0.2) is 9.18 Å². The number of aliphatic carboxylic acids is 1. The Kier molecular flexibility index (Phi) is 7.21. The highest BCUT2D eigenvalue weighted by Crippen LogP contribution is 2.11. The Balaban J connectivity index is 2.32. The Morgan fingerprint density at radius 2 is 2.00 bits per heavy atom. The third-order valence-corrected chi connectivity index (χ3v) is 2.89. The fourth-order valence-electron chi connectivity index (χ4n) is 1.72. The molecule has 1 rings (SSSR count). The first-order valence-corrected chi connectivity index (χ1v) is 6.93. The summed E-state index contributed by atoms with van der Waals surface area (Å²) in [6, 6.07) is 4.60. The van der Waals surface area contributed by atoms with E-state index in [4.69, 9.17) is 9.84 Å². The molecule has 1 unspecified atom stereocenters. The van der Waals surface area contributed by atoms with Crippen LogP contribution in [0.5, 0.6) is 5.75 Å². The van der Waals surface area contributed by atoms with Crippen LogP contribution in [0.1, 0.15) is 32.6 Å². The molecular formula is C15H20FNO4. The average molecular weight is 297 g/mol. The van der Waals surface area contributed by atoms with E-state index < -0.39 is 12.0 Å². The number of amides is 1. The summed E-state index contributed by atoms with van der Waals surface area (Å²) < 4.78 is 18.0. The summed E-state index contributed by atoms with van der Waals surface area (Å²) in [5, 5.41) is 11.5. The number of unbranched alkanes of at least 4 members (excludes halogenated alkanes) is 1. The number of hydrogen-bond acceptors (Lipinski definition) is 3. The number of carbonyl (C=O) groups is 2. The van der Waals surface area contributed by atoms with Crippen LogP contribution in [0.4, 0.5) is 4.39 Å². The fourth-order valence-corrected chi connectivity index (χ4v) is 1.72. The number of carboxylic acid groups (broad SMARTS) is 1. The minimum atomic E-state index is -1.03. The standard InChI is InChI=1S/C15H20FNO4/c1-2-3-4-13(15(19)20)17-14(18)9-10-21-12-7-5-11(16)6-8-12/h5-8,13H,2-4,9-10H2,1H3,(H,17,18)(H,19,20). The first-order chi connectivity index (χ1) is 10.0. The highest BCUT2D eigenvalue weighted by atomic mass is 19.1. The number of benzene rings is 1. The molecule has 5 nitrogen and oxygen atoms in total. The lowest BCUT2D eigenvalue weighted by molar-refractivity contribution is -0.142. The molecule has 0 aliphatic rings. The molecule has 0 fully saturated rings. The van der Waals surface area contributed by atoms with Crippen LogP contribution in [0.3, 0.4) is 0 Å². The summed E-state index contributed by atoms with van der Waals surface area (Å²) in [4.78, 5) is 22.6. The second-order valence-corrected chi connectivity index (χ2v) is 4.65. The Labute approximate surface area is 123 Å². The zero-order valence-electron chi connectivity index (χ0n) is 12.0. The molecule has 2 N–H and O–H groups in total. The second kappa shape index (κ2) is 8.94. The highest BCUT2D eigenvalue weighted by molar-refractivity contribution is 5.83. The summed E-state index contributed by atoms with van der Waals surface area (Å²) >= 11 is 0. The summed E-state index contributed by atoms with van der Waals surface area (Å²) in [6.45, 7) is 2.06. The molecule has 0 radical (unpaired) electrons. The van der Waals surface area contributed by atoms with E-state index in [-0.39, 0.29) is 24.8 Å². The second-order valence-electron chi connectivity index (χ2n) is 4.65. The van der Waals surface area contributed by atoms with Crippen molar-refractivity contribution in [1.29, 1.82) is 0 Å². The number of nitrogens with one attached hydrogen (secondary N) is 1. The van der Waals surface area contributed by atoms with E-state index in [2.05, 4.69) is 5.32 Å². The van der Waals surface area contributed by atoms with Gasteiger partial charge in [0.2, 0.25) is 5.91 Å². The van der Waals surface area contributed by atoms with Crippen molar-refractivity contribution in [2.45, 2.75) is 38.6 Å². The van der Waals surface area contributed by atoms with Gasteiger partial charge in [0.15, 0.2) is 0 Å². The molecule has 0 bridgehead atoms. The molecule has 1 amide bonds. The predicted octanol–water partition coefficient (Wildman–Crippen LogP) is 2.35. The number of hydrogen-bond donors (Lipinski definition) is 2. The largest absolute Gasteiger partial charge is 0.493 e. The van der Waals surface area contributed by atoms with Crippen molar-refractivity contribution in [3.05, 3.63) is 30.1 Å². The Bertz CT molecular complexity index is 461. The van der Waals surface area contributed by atoms with E-state index >= 15 is 0 Å². The van der Waals surface area contributed by atoms with E-state index in [1.807, 2.05) is 6.92 Å². The van der Waals surface area contributed by atoms with Crippen LogP contribution in [-0.4, -0.2) is 29.6 Å². The van der Waals surface area contributed by atoms with Crippen molar-refractivity contribution >= 4 is 11.9 Å². The van der Waals surface area contributed by atoms with E-state index in [1.165, 1.54) is 24.3 Å². The fraction of sp³-hybridized carbons (Fsp3) is 0.467. The quantitative estimate of drug-likeness (QED) is 0.733. The monoisotopic (exact) mass is 297 g/mol. The number of carboxylic acids is 1. The van der Waals surface area contributed by atoms with Gasteiger partial charge >= 0.3 is 5.97 Å². The molecule has 0 aliphatic carbocycles. The minimum absolute atomic E-state index is 0.0489. The number of rotatable bonds is 9. The van der Waals surface area contributed by atoms with Gasteiger partial charge in [-0.05, 0) is 30.7 Å². The summed E-state index contributed by atoms with van der Waals surface area (Å²) in [6.07, 6.45) is 2.07. The topological polar surface area (TPSA) is 75.6 Å². The molecule has 0 saturated heterocycles. The first kappa shape index (κ1) is 16.9. The van der Waals surface area contributed by atoms with Gasteiger partial charge in [0.1, 0.15) is 17.6 Å². The van der Waals surface area contributed by atoms with Gasteiger partial charge in [0.25, 0.3) is 0 Å². The lowest BCUT2D eigenvalue weighted by atomic mass is 10.1. The van der Waals surface area contributed by atoms with Crippen LogP contribution in [0.15, 0.2) is 24.3 Å². The molecule has 0 aromatic heterocycles. The van der Waals surface area contributed by atoms with Crippen LogP contribution in [0.2, 0.25) is 0 Å². The van der Waals surface area contributed by atoms with Gasteiger partial charge < -0.3 is 15.2 Å². The molecule has 6 heteroatoms. The first-order valence-electron chi connectivity index (χ1n) is 6.93. The molecule has 0 saturated carbocycles. The maximum Gasteiger partial charge on any atom is 0.326 e. The van der Waals surface area contributed by atoms with Crippen LogP contribution in [0.25, 0.3) is 0 Å². The SMILES string of the molecule is CCCCC(NC(=O)CCOc1ccc(F)cc1)C(=O)O. The van der Waals surface area contributed by atoms with Crippen LogP contribution >= 0.6 is 0 Å². The van der Waals surface area contributed by atoms with Crippen molar-refractivity contribution in [2.75, 3.05) is 6.61 Å². The Morgan fingerprint density at radius 3 is 2.57 bits per heavy atom. The molecule has 1 atom stereocenters. The van der Waals surface area contributed by atoms with Crippen molar-refractivity contribution in [3.63, 3.8) is 0 Å². The third kappa shape index (κ3) is 6.74. The molecular weight excluding hydrogens is 277 g/mol. The molecule has 116 valence electrons. The number of ether oxygens (including phenoxy) is 1. The van der Waals surface area contributed by atoms with Crippen molar-refractivity contribution < 1.29 is 23.8 Å². The maximum atomic E-state index is 12.7. The predicted molar refractivity (Wildman–Crippen MR) is 75.6 cm³/mol. The molecule has 1 aromatic carbocycles. The molecule has 21 heavy (non-hydrogen) atoms. The summed E-state index contributed by atoms with van der Waals surface area (Å²) in [7, 11) is 0.